The highest BCUT2D eigenvalue weighted by molar-refractivity contribution is 5.93. The van der Waals surface area contributed by atoms with E-state index in [-0.39, 0.29) is 18.0 Å². The second kappa shape index (κ2) is 11.1. The molecule has 10 nitrogen and oxygen atoms in total. The summed E-state index contributed by atoms with van der Waals surface area (Å²) < 4.78 is 0. The summed E-state index contributed by atoms with van der Waals surface area (Å²) in [5, 5.41) is 28.1. The van der Waals surface area contributed by atoms with Crippen molar-refractivity contribution in [2.24, 2.45) is 11.3 Å². The van der Waals surface area contributed by atoms with Crippen LogP contribution in [0.2, 0.25) is 0 Å². The predicted molar refractivity (Wildman–Crippen MR) is 129 cm³/mol. The molecular weight excluding hydrogens is 452 g/mol. The first-order valence-electron chi connectivity index (χ1n) is 13.0. The average Bonchev–Trinajstić information content (AvgIpc) is 3.51. The zero-order valence-corrected chi connectivity index (χ0v) is 21.4. The van der Waals surface area contributed by atoms with Crippen molar-refractivity contribution in [3.63, 3.8) is 0 Å². The van der Waals surface area contributed by atoms with Crippen LogP contribution in [-0.4, -0.2) is 75.2 Å². The van der Waals surface area contributed by atoms with Crippen LogP contribution in [0.3, 0.4) is 0 Å². The molecule has 1 aliphatic heterocycles. The molecular formula is C25H42N4O6. The third-order valence-corrected chi connectivity index (χ3v) is 7.53. The molecule has 198 valence electrons. The molecule has 0 aromatic carbocycles. The number of nitrogens with zero attached hydrogens (tertiary/aromatic N) is 1. The summed E-state index contributed by atoms with van der Waals surface area (Å²) in [6, 6.07) is -2.56. The van der Waals surface area contributed by atoms with Gasteiger partial charge in [-0.3, -0.25) is 14.4 Å². The summed E-state index contributed by atoms with van der Waals surface area (Å²) in [4.78, 5) is 52.9. The maximum Gasteiger partial charge on any atom is 0.405 e. The molecule has 6 unspecified atom stereocenters. The molecule has 0 aromatic rings. The number of likely N-dealkylation sites (tertiary alicyclic amines) is 1. The average molecular weight is 495 g/mol. The maximum absolute atomic E-state index is 13.8. The van der Waals surface area contributed by atoms with Crippen LogP contribution < -0.4 is 16.0 Å². The summed E-state index contributed by atoms with van der Waals surface area (Å²) >= 11 is 0. The number of aliphatic hydroxyl groups is 1. The number of fused-ring (bicyclic) bond motifs is 1. The van der Waals surface area contributed by atoms with Crippen molar-refractivity contribution in [2.75, 3.05) is 0 Å². The van der Waals surface area contributed by atoms with E-state index in [0.717, 1.165) is 38.5 Å². The number of amides is 4. The van der Waals surface area contributed by atoms with Crippen molar-refractivity contribution in [2.45, 2.75) is 122 Å². The van der Waals surface area contributed by atoms with Crippen molar-refractivity contribution in [3.05, 3.63) is 0 Å². The Morgan fingerprint density at radius 1 is 1.03 bits per heavy atom. The molecule has 0 bridgehead atoms. The molecule has 3 rings (SSSR count). The van der Waals surface area contributed by atoms with Crippen LogP contribution in [0.25, 0.3) is 0 Å². The van der Waals surface area contributed by atoms with Gasteiger partial charge in [-0.05, 0) is 49.9 Å². The highest BCUT2D eigenvalue weighted by Gasteiger charge is 2.51. The SMILES string of the molecule is CCCC(NC(=O)C1CC2CCCCC2N1C(=O)C(NC(=O)O)C(C)(C)C)C(O)C(=O)NC1CC1. The molecule has 3 aliphatic rings. The minimum atomic E-state index is -1.37. The molecule has 3 fully saturated rings. The van der Waals surface area contributed by atoms with Crippen LogP contribution in [0.4, 0.5) is 4.79 Å². The topological polar surface area (TPSA) is 148 Å². The van der Waals surface area contributed by atoms with Crippen molar-refractivity contribution in [1.29, 1.82) is 0 Å². The van der Waals surface area contributed by atoms with E-state index in [2.05, 4.69) is 16.0 Å². The Morgan fingerprint density at radius 3 is 2.26 bits per heavy atom. The number of rotatable bonds is 9. The molecule has 5 N–H and O–H groups in total. The quantitative estimate of drug-likeness (QED) is 0.330. The van der Waals surface area contributed by atoms with Gasteiger partial charge in [-0.15, -0.1) is 0 Å². The van der Waals surface area contributed by atoms with E-state index in [1.807, 2.05) is 6.92 Å². The highest BCUT2D eigenvalue weighted by Crippen LogP contribution is 2.41. The number of aliphatic hydroxyl groups excluding tert-OH is 1. The van der Waals surface area contributed by atoms with Gasteiger partial charge >= 0.3 is 6.09 Å². The molecule has 1 heterocycles. The Hall–Kier alpha value is -2.36. The number of hydrogen-bond donors (Lipinski definition) is 5. The molecule has 0 spiro atoms. The molecule has 4 amide bonds. The van der Waals surface area contributed by atoms with Gasteiger partial charge in [0.2, 0.25) is 11.8 Å². The van der Waals surface area contributed by atoms with Crippen LogP contribution in [0.5, 0.6) is 0 Å². The fraction of sp³-hybridized carbons (Fsp3) is 0.840. The Morgan fingerprint density at radius 2 is 1.69 bits per heavy atom. The standard InChI is InChI=1S/C25H42N4O6/c1-5-8-16(19(30)22(32)26-15-11-12-15)27-21(31)18-13-14-9-6-7-10-17(14)29(18)23(33)20(25(2,3)4)28-24(34)35/h14-20,28,30H,5-13H2,1-4H3,(H,26,32)(H,27,31)(H,34,35). The summed E-state index contributed by atoms with van der Waals surface area (Å²) in [7, 11) is 0. The predicted octanol–water partition coefficient (Wildman–Crippen LogP) is 1.75. The van der Waals surface area contributed by atoms with Crippen LogP contribution in [0.15, 0.2) is 0 Å². The minimum Gasteiger partial charge on any atom is -0.465 e. The van der Waals surface area contributed by atoms with E-state index >= 15 is 0 Å². The zero-order chi connectivity index (χ0) is 25.9. The lowest BCUT2D eigenvalue weighted by atomic mass is 9.83. The summed E-state index contributed by atoms with van der Waals surface area (Å²) in [5.74, 6) is -1.11. The monoisotopic (exact) mass is 494 g/mol. The van der Waals surface area contributed by atoms with Gasteiger partial charge in [0.05, 0.1) is 6.04 Å². The van der Waals surface area contributed by atoms with Gasteiger partial charge < -0.3 is 31.1 Å². The van der Waals surface area contributed by atoms with Crippen LogP contribution >= 0.6 is 0 Å². The van der Waals surface area contributed by atoms with Crippen LogP contribution in [-0.2, 0) is 14.4 Å². The number of carboxylic acid groups (broad SMARTS) is 1. The molecule has 0 radical (unpaired) electrons. The second-order valence-electron chi connectivity index (χ2n) is 11.5. The summed E-state index contributed by atoms with van der Waals surface area (Å²) in [5.41, 5.74) is -0.689. The number of carbonyl (C=O) groups excluding carboxylic acids is 3. The number of nitrogens with one attached hydrogen (secondary N) is 3. The Kier molecular flexibility index (Phi) is 8.67. The van der Waals surface area contributed by atoms with Gasteiger partial charge in [0, 0.05) is 12.1 Å². The first-order valence-corrected chi connectivity index (χ1v) is 13.0. The number of carbonyl (C=O) groups is 4. The normalized spacial score (nSPS) is 26.8. The lowest BCUT2D eigenvalue weighted by Crippen LogP contribution is -2.61. The van der Waals surface area contributed by atoms with Crippen LogP contribution in [0.1, 0.15) is 85.5 Å². The Bertz CT molecular complexity index is 808. The number of hydrogen-bond acceptors (Lipinski definition) is 5. The van der Waals surface area contributed by atoms with E-state index in [1.165, 1.54) is 0 Å². The Balaban J connectivity index is 1.82. The fourth-order valence-corrected chi connectivity index (χ4v) is 5.53. The summed E-state index contributed by atoms with van der Waals surface area (Å²) in [6.45, 7) is 7.29. The van der Waals surface area contributed by atoms with E-state index in [4.69, 9.17) is 0 Å². The molecule has 6 atom stereocenters. The largest absolute Gasteiger partial charge is 0.465 e. The summed E-state index contributed by atoms with van der Waals surface area (Å²) in [6.07, 6.45) is 4.37. The first kappa shape index (κ1) is 27.2. The first-order chi connectivity index (χ1) is 16.4. The zero-order valence-electron chi connectivity index (χ0n) is 21.4. The molecule has 0 aromatic heterocycles. The van der Waals surface area contributed by atoms with Crippen LogP contribution in [0, 0.1) is 11.3 Å². The van der Waals surface area contributed by atoms with E-state index in [1.54, 1.807) is 25.7 Å². The lowest BCUT2D eigenvalue weighted by molar-refractivity contribution is -0.145. The molecule has 2 aliphatic carbocycles. The second-order valence-corrected chi connectivity index (χ2v) is 11.5. The van der Waals surface area contributed by atoms with Gasteiger partial charge in [-0.1, -0.05) is 47.0 Å². The van der Waals surface area contributed by atoms with Gasteiger partial charge in [-0.25, -0.2) is 4.79 Å². The van der Waals surface area contributed by atoms with E-state index < -0.39 is 53.5 Å². The maximum atomic E-state index is 13.8. The molecule has 2 saturated carbocycles. The Labute approximate surface area is 207 Å². The molecule has 1 saturated heterocycles. The smallest absolute Gasteiger partial charge is 0.405 e. The molecule has 10 heteroatoms. The molecule has 35 heavy (non-hydrogen) atoms. The fourth-order valence-electron chi connectivity index (χ4n) is 5.53. The third-order valence-electron chi connectivity index (χ3n) is 7.53. The highest BCUT2D eigenvalue weighted by atomic mass is 16.4. The third kappa shape index (κ3) is 6.65. The van der Waals surface area contributed by atoms with Gasteiger partial charge in [0.25, 0.3) is 5.91 Å². The minimum absolute atomic E-state index is 0.0947. The van der Waals surface area contributed by atoms with Crippen molar-refractivity contribution >= 4 is 23.8 Å². The van der Waals surface area contributed by atoms with Crippen molar-refractivity contribution in [1.82, 2.24) is 20.9 Å². The lowest BCUT2D eigenvalue weighted by Gasteiger charge is -2.39. The van der Waals surface area contributed by atoms with Gasteiger partial charge in [0.1, 0.15) is 12.1 Å². The van der Waals surface area contributed by atoms with Gasteiger partial charge in [0.15, 0.2) is 6.10 Å². The van der Waals surface area contributed by atoms with E-state index in [9.17, 15) is 29.4 Å². The van der Waals surface area contributed by atoms with Gasteiger partial charge in [-0.2, -0.15) is 0 Å². The van der Waals surface area contributed by atoms with Crippen molar-refractivity contribution < 1.29 is 29.4 Å². The van der Waals surface area contributed by atoms with E-state index in [0.29, 0.717) is 19.3 Å². The van der Waals surface area contributed by atoms with Crippen molar-refractivity contribution in [3.8, 4) is 0 Å².